The Morgan fingerprint density at radius 2 is 2.45 bits per heavy atom. The van der Waals surface area contributed by atoms with E-state index in [1.54, 1.807) is 0 Å². The van der Waals surface area contributed by atoms with E-state index in [1.807, 2.05) is 0 Å². The van der Waals surface area contributed by atoms with Gasteiger partial charge in [-0.1, -0.05) is 0 Å². The van der Waals surface area contributed by atoms with Crippen LogP contribution in [0.25, 0.3) is 0 Å². The van der Waals surface area contributed by atoms with Crippen molar-refractivity contribution in [2.75, 3.05) is 0 Å². The van der Waals surface area contributed by atoms with Crippen LogP contribution in [0.3, 0.4) is 0 Å². The molecule has 0 fully saturated rings. The maximum atomic E-state index is 12.5. The summed E-state index contributed by atoms with van der Waals surface area (Å²) in [6.07, 6.45) is 0.833. The molecule has 11 heavy (non-hydrogen) atoms. The molecule has 0 atom stereocenters. The van der Waals surface area contributed by atoms with Gasteiger partial charge in [0, 0.05) is 7.05 Å². The Balaban J connectivity index is 3.58. The summed E-state index contributed by atoms with van der Waals surface area (Å²) in [6.45, 7) is 0. The fraction of sp³-hybridized carbons (Fsp3) is 0.167. The van der Waals surface area contributed by atoms with E-state index in [-0.39, 0.29) is 0 Å². The van der Waals surface area contributed by atoms with E-state index in [1.165, 1.54) is 13.1 Å². The summed E-state index contributed by atoms with van der Waals surface area (Å²) in [5.74, 6) is -0.879. The van der Waals surface area contributed by atoms with Crippen LogP contribution in [0.15, 0.2) is 11.0 Å². The first-order valence-electron chi connectivity index (χ1n) is 2.78. The van der Waals surface area contributed by atoms with Crippen molar-refractivity contribution in [2.45, 2.75) is 0 Å². The van der Waals surface area contributed by atoms with Crippen molar-refractivity contribution in [3.05, 3.63) is 27.9 Å². The van der Waals surface area contributed by atoms with Gasteiger partial charge in [-0.25, -0.2) is 9.07 Å². The lowest BCUT2D eigenvalue weighted by atomic mass is 10.3. The zero-order chi connectivity index (χ0) is 8.43. The molecule has 0 unspecified atom stereocenters. The summed E-state index contributed by atoms with van der Waals surface area (Å²) >= 11 is 0. The van der Waals surface area contributed by atoms with E-state index in [4.69, 9.17) is 5.26 Å². The number of hydrogen-bond donors (Lipinski definition) is 0. The van der Waals surface area contributed by atoms with Crippen LogP contribution >= 0.6 is 0 Å². The number of nitriles is 1. The Bertz CT molecular complexity index is 376. The van der Waals surface area contributed by atoms with Crippen molar-refractivity contribution in [1.82, 2.24) is 9.78 Å². The molecular formula is C6H4FN3O. The van der Waals surface area contributed by atoms with E-state index in [0.717, 1.165) is 10.9 Å². The maximum Gasteiger partial charge on any atom is 0.287 e. The van der Waals surface area contributed by atoms with Gasteiger partial charge in [0.05, 0.1) is 6.20 Å². The number of hydrogen-bond acceptors (Lipinski definition) is 3. The van der Waals surface area contributed by atoms with Crippen LogP contribution in [-0.2, 0) is 7.05 Å². The van der Waals surface area contributed by atoms with E-state index in [9.17, 15) is 9.18 Å². The zero-order valence-electron chi connectivity index (χ0n) is 5.71. The summed E-state index contributed by atoms with van der Waals surface area (Å²) in [7, 11) is 1.35. The highest BCUT2D eigenvalue weighted by Crippen LogP contribution is 1.94. The second-order valence-corrected chi connectivity index (χ2v) is 1.91. The molecule has 0 bridgehead atoms. The van der Waals surface area contributed by atoms with Crippen LogP contribution in [0, 0.1) is 17.1 Å². The number of rotatable bonds is 0. The van der Waals surface area contributed by atoms with Crippen molar-refractivity contribution in [2.24, 2.45) is 7.05 Å². The van der Waals surface area contributed by atoms with Crippen LogP contribution < -0.4 is 5.56 Å². The van der Waals surface area contributed by atoms with E-state index < -0.39 is 16.9 Å². The minimum atomic E-state index is -0.879. The monoisotopic (exact) mass is 153 g/mol. The van der Waals surface area contributed by atoms with E-state index in [0.29, 0.717) is 0 Å². The Hall–Kier alpha value is -1.70. The molecule has 1 rings (SSSR count). The van der Waals surface area contributed by atoms with Crippen molar-refractivity contribution in [3.8, 4) is 6.07 Å². The third-order valence-corrected chi connectivity index (χ3v) is 1.20. The molecule has 0 aliphatic rings. The van der Waals surface area contributed by atoms with Gasteiger partial charge >= 0.3 is 0 Å². The molecule has 0 saturated carbocycles. The summed E-state index contributed by atoms with van der Waals surface area (Å²) in [5, 5.41) is 11.7. The second kappa shape index (κ2) is 2.50. The highest BCUT2D eigenvalue weighted by atomic mass is 19.1. The third-order valence-electron chi connectivity index (χ3n) is 1.20. The molecule has 0 aliphatic carbocycles. The van der Waals surface area contributed by atoms with Gasteiger partial charge in [0.25, 0.3) is 5.56 Å². The topological polar surface area (TPSA) is 58.7 Å². The summed E-state index contributed by atoms with van der Waals surface area (Å²) < 4.78 is 13.4. The first kappa shape index (κ1) is 7.41. The standard InChI is InChI=1S/C6H4FN3O/c1-10-6(11)4(2-8)5(7)3-9-10/h3H,1H3. The number of nitrogens with zero attached hydrogens (tertiary/aromatic N) is 3. The molecule has 0 N–H and O–H groups in total. The van der Waals surface area contributed by atoms with Gasteiger partial charge in [0.1, 0.15) is 6.07 Å². The molecule has 1 aromatic rings. The molecule has 0 radical (unpaired) electrons. The molecule has 5 heteroatoms. The van der Waals surface area contributed by atoms with Crippen LogP contribution in [0.4, 0.5) is 4.39 Å². The lowest BCUT2D eigenvalue weighted by molar-refractivity contribution is 0.581. The summed E-state index contributed by atoms with van der Waals surface area (Å²) in [5.41, 5.74) is -1.21. The Kier molecular flexibility index (Phi) is 1.68. The van der Waals surface area contributed by atoms with Crippen LogP contribution in [-0.4, -0.2) is 9.78 Å². The first-order valence-corrected chi connectivity index (χ1v) is 2.78. The molecule has 0 saturated heterocycles. The van der Waals surface area contributed by atoms with Gasteiger partial charge in [-0.15, -0.1) is 0 Å². The molecule has 1 heterocycles. The van der Waals surface area contributed by atoms with Crippen LogP contribution in [0.1, 0.15) is 5.56 Å². The largest absolute Gasteiger partial charge is 0.287 e. The summed E-state index contributed by atoms with van der Waals surface area (Å²) in [6, 6.07) is 1.46. The first-order chi connectivity index (χ1) is 5.16. The second-order valence-electron chi connectivity index (χ2n) is 1.91. The molecule has 1 aromatic heterocycles. The molecule has 0 amide bonds. The lowest BCUT2D eigenvalue weighted by Gasteiger charge is -1.94. The van der Waals surface area contributed by atoms with Gasteiger partial charge in [-0.2, -0.15) is 10.4 Å². The van der Waals surface area contributed by atoms with Crippen LogP contribution in [0.5, 0.6) is 0 Å². The zero-order valence-corrected chi connectivity index (χ0v) is 5.71. The summed E-state index contributed by atoms with van der Waals surface area (Å²) in [4.78, 5) is 10.9. The number of aryl methyl sites for hydroxylation is 1. The highest BCUT2D eigenvalue weighted by Gasteiger charge is 2.07. The predicted molar refractivity (Wildman–Crippen MR) is 34.2 cm³/mol. The van der Waals surface area contributed by atoms with E-state index >= 15 is 0 Å². The SMILES string of the molecule is Cn1ncc(F)c(C#N)c1=O. The minimum absolute atomic E-state index is 0.498. The fourth-order valence-electron chi connectivity index (χ4n) is 0.619. The Labute approximate surface area is 61.5 Å². The van der Waals surface area contributed by atoms with Crippen molar-refractivity contribution < 1.29 is 4.39 Å². The molecule has 56 valence electrons. The maximum absolute atomic E-state index is 12.5. The molecule has 0 aromatic carbocycles. The van der Waals surface area contributed by atoms with Crippen molar-refractivity contribution in [1.29, 1.82) is 5.26 Å². The Morgan fingerprint density at radius 1 is 1.82 bits per heavy atom. The predicted octanol–water partition coefficient (Wildman–Crippen LogP) is -0.209. The van der Waals surface area contributed by atoms with Gasteiger partial charge < -0.3 is 0 Å². The average molecular weight is 153 g/mol. The van der Waals surface area contributed by atoms with Crippen molar-refractivity contribution >= 4 is 0 Å². The normalized spacial score (nSPS) is 9.18. The van der Waals surface area contributed by atoms with Gasteiger partial charge in [0.2, 0.25) is 0 Å². The Morgan fingerprint density at radius 3 is 2.91 bits per heavy atom. The van der Waals surface area contributed by atoms with Gasteiger partial charge in [-0.05, 0) is 0 Å². The number of aromatic nitrogens is 2. The van der Waals surface area contributed by atoms with E-state index in [2.05, 4.69) is 5.10 Å². The highest BCUT2D eigenvalue weighted by molar-refractivity contribution is 5.25. The van der Waals surface area contributed by atoms with Crippen LogP contribution in [0.2, 0.25) is 0 Å². The van der Waals surface area contributed by atoms with Crippen molar-refractivity contribution in [3.63, 3.8) is 0 Å². The minimum Gasteiger partial charge on any atom is -0.266 e. The molecule has 4 nitrogen and oxygen atoms in total. The number of halogens is 1. The molecule has 0 aliphatic heterocycles. The van der Waals surface area contributed by atoms with Gasteiger partial charge in [0.15, 0.2) is 11.4 Å². The fourth-order valence-corrected chi connectivity index (χ4v) is 0.619. The van der Waals surface area contributed by atoms with Gasteiger partial charge in [-0.3, -0.25) is 4.79 Å². The smallest absolute Gasteiger partial charge is 0.266 e. The third kappa shape index (κ3) is 1.10. The average Bonchev–Trinajstić information content (AvgIpc) is 1.99. The molecule has 0 spiro atoms. The lowest BCUT2D eigenvalue weighted by Crippen LogP contribution is -2.23. The molecular weight excluding hydrogens is 149 g/mol. The quantitative estimate of drug-likeness (QED) is 0.518.